The molecular formula is C20H14BrClF2N2O2. The zero-order valence-electron chi connectivity index (χ0n) is 14.4. The first-order chi connectivity index (χ1) is 13.4. The maximum absolute atomic E-state index is 13.1. The van der Waals surface area contributed by atoms with Gasteiger partial charge in [0.25, 0.3) is 0 Å². The highest BCUT2D eigenvalue weighted by Gasteiger charge is 2.10. The quantitative estimate of drug-likeness (QED) is 0.485. The van der Waals surface area contributed by atoms with Crippen molar-refractivity contribution >= 4 is 39.1 Å². The van der Waals surface area contributed by atoms with Crippen LogP contribution in [0.1, 0.15) is 11.1 Å². The van der Waals surface area contributed by atoms with Crippen LogP contribution >= 0.6 is 27.5 Å². The van der Waals surface area contributed by atoms with E-state index in [1.54, 1.807) is 18.2 Å². The van der Waals surface area contributed by atoms with Gasteiger partial charge in [-0.2, -0.15) is 4.39 Å². The highest BCUT2D eigenvalue weighted by atomic mass is 79.9. The van der Waals surface area contributed by atoms with Crippen molar-refractivity contribution in [1.82, 2.24) is 4.98 Å². The molecule has 1 N–H and O–H groups in total. The molecule has 0 aliphatic heterocycles. The molecule has 1 heterocycles. The van der Waals surface area contributed by atoms with Gasteiger partial charge < -0.3 is 10.1 Å². The maximum Gasteiger partial charge on any atom is 0.228 e. The number of pyridine rings is 1. The number of nitrogens with one attached hydrogen (secondary N) is 1. The molecule has 1 aromatic heterocycles. The van der Waals surface area contributed by atoms with E-state index in [-0.39, 0.29) is 24.0 Å². The van der Waals surface area contributed by atoms with Crippen molar-refractivity contribution in [1.29, 1.82) is 0 Å². The lowest BCUT2D eigenvalue weighted by Gasteiger charge is -2.11. The molecule has 0 aliphatic rings. The number of aromatic nitrogens is 1. The van der Waals surface area contributed by atoms with Crippen LogP contribution in [0.15, 0.2) is 59.2 Å². The molecule has 0 bridgehead atoms. The minimum absolute atomic E-state index is 0.0269. The Labute approximate surface area is 173 Å². The third-order valence-corrected chi connectivity index (χ3v) is 4.89. The summed E-state index contributed by atoms with van der Waals surface area (Å²) in [4.78, 5) is 15.7. The highest BCUT2D eigenvalue weighted by molar-refractivity contribution is 9.10. The third-order valence-electron chi connectivity index (χ3n) is 3.80. The van der Waals surface area contributed by atoms with E-state index in [9.17, 15) is 13.6 Å². The van der Waals surface area contributed by atoms with Gasteiger partial charge in [-0.3, -0.25) is 4.79 Å². The van der Waals surface area contributed by atoms with Crippen molar-refractivity contribution in [3.05, 3.63) is 87.1 Å². The van der Waals surface area contributed by atoms with Gasteiger partial charge in [-0.05, 0) is 42.0 Å². The van der Waals surface area contributed by atoms with Crippen molar-refractivity contribution < 1.29 is 18.3 Å². The predicted octanol–water partition coefficient (Wildman–Crippen LogP) is 5.54. The first-order valence-electron chi connectivity index (χ1n) is 8.17. The predicted molar refractivity (Wildman–Crippen MR) is 106 cm³/mol. The smallest absolute Gasteiger partial charge is 0.228 e. The normalized spacial score (nSPS) is 10.6. The number of benzene rings is 2. The standard InChI is InChI=1S/C20H14BrClF2N2O2/c21-17-9-15(26-20(27)7-12-1-3-14(23)8-18(12)22)4-2-13(17)11-28-16-5-6-19(24)25-10-16/h1-6,8-10H,7,11H2,(H,26,27). The van der Waals surface area contributed by atoms with Crippen LogP contribution in [0, 0.1) is 11.8 Å². The number of anilines is 1. The van der Waals surface area contributed by atoms with E-state index in [0.717, 1.165) is 10.0 Å². The lowest BCUT2D eigenvalue weighted by atomic mass is 10.1. The third kappa shape index (κ3) is 5.50. The van der Waals surface area contributed by atoms with E-state index < -0.39 is 11.8 Å². The van der Waals surface area contributed by atoms with Crippen molar-refractivity contribution in [3.8, 4) is 5.75 Å². The first kappa shape index (κ1) is 20.2. The SMILES string of the molecule is O=C(Cc1ccc(F)cc1Cl)Nc1ccc(COc2ccc(F)nc2)c(Br)c1. The van der Waals surface area contributed by atoms with Gasteiger partial charge in [0.15, 0.2) is 0 Å². The summed E-state index contributed by atoms with van der Waals surface area (Å²) < 4.78 is 32.2. The van der Waals surface area contributed by atoms with Crippen LogP contribution in [0.2, 0.25) is 5.02 Å². The monoisotopic (exact) mass is 466 g/mol. The summed E-state index contributed by atoms with van der Waals surface area (Å²) in [5, 5.41) is 2.97. The topological polar surface area (TPSA) is 51.2 Å². The fraction of sp³-hybridized carbons (Fsp3) is 0.100. The molecule has 2 aromatic carbocycles. The summed E-state index contributed by atoms with van der Waals surface area (Å²) in [6, 6.07) is 11.9. The molecule has 0 fully saturated rings. The Morgan fingerprint density at radius 3 is 2.57 bits per heavy atom. The van der Waals surface area contributed by atoms with Crippen molar-refractivity contribution in [2.75, 3.05) is 5.32 Å². The molecule has 0 atom stereocenters. The summed E-state index contributed by atoms with van der Waals surface area (Å²) >= 11 is 9.39. The van der Waals surface area contributed by atoms with E-state index in [4.69, 9.17) is 16.3 Å². The number of ether oxygens (including phenoxy) is 1. The summed E-state index contributed by atoms with van der Waals surface area (Å²) in [6.45, 7) is 0.243. The second kappa shape index (κ2) is 9.12. The van der Waals surface area contributed by atoms with Gasteiger partial charge in [0, 0.05) is 20.7 Å². The van der Waals surface area contributed by atoms with E-state index in [1.165, 1.54) is 36.5 Å². The summed E-state index contributed by atoms with van der Waals surface area (Å²) in [5.41, 5.74) is 1.96. The fourth-order valence-corrected chi connectivity index (χ4v) is 3.12. The number of halogens is 4. The molecule has 1 amide bonds. The van der Waals surface area contributed by atoms with Crippen molar-refractivity contribution in [3.63, 3.8) is 0 Å². The Morgan fingerprint density at radius 2 is 1.89 bits per heavy atom. The molecule has 0 saturated heterocycles. The fourth-order valence-electron chi connectivity index (χ4n) is 2.39. The van der Waals surface area contributed by atoms with Gasteiger partial charge >= 0.3 is 0 Å². The Hall–Kier alpha value is -2.51. The Balaban J connectivity index is 1.60. The second-order valence-corrected chi connectivity index (χ2v) is 7.13. The van der Waals surface area contributed by atoms with Crippen molar-refractivity contribution in [2.45, 2.75) is 13.0 Å². The van der Waals surface area contributed by atoms with Gasteiger partial charge in [-0.15, -0.1) is 0 Å². The van der Waals surface area contributed by atoms with Crippen LogP contribution in [-0.2, 0) is 17.8 Å². The van der Waals surface area contributed by atoms with Gasteiger partial charge in [-0.25, -0.2) is 9.37 Å². The highest BCUT2D eigenvalue weighted by Crippen LogP contribution is 2.24. The lowest BCUT2D eigenvalue weighted by molar-refractivity contribution is -0.115. The van der Waals surface area contributed by atoms with Gasteiger partial charge in [0.2, 0.25) is 11.9 Å². The number of amides is 1. The van der Waals surface area contributed by atoms with Crippen LogP contribution in [0.4, 0.5) is 14.5 Å². The van der Waals surface area contributed by atoms with Gasteiger partial charge in [0.1, 0.15) is 18.2 Å². The van der Waals surface area contributed by atoms with Gasteiger partial charge in [-0.1, -0.05) is 39.7 Å². The number of carbonyl (C=O) groups excluding carboxylic acids is 1. The van der Waals surface area contributed by atoms with Crippen LogP contribution < -0.4 is 10.1 Å². The van der Waals surface area contributed by atoms with E-state index in [0.29, 0.717) is 17.0 Å². The van der Waals surface area contributed by atoms with E-state index >= 15 is 0 Å². The largest absolute Gasteiger partial charge is 0.487 e. The summed E-state index contributed by atoms with van der Waals surface area (Å²) in [6.07, 6.45) is 1.33. The van der Waals surface area contributed by atoms with Crippen LogP contribution in [0.25, 0.3) is 0 Å². The number of carbonyl (C=O) groups is 1. The zero-order chi connectivity index (χ0) is 20.1. The molecule has 3 rings (SSSR count). The average molecular weight is 468 g/mol. The molecule has 0 spiro atoms. The molecule has 4 nitrogen and oxygen atoms in total. The summed E-state index contributed by atoms with van der Waals surface area (Å²) in [7, 11) is 0. The molecule has 0 unspecified atom stereocenters. The van der Waals surface area contributed by atoms with E-state index in [1.807, 2.05) is 0 Å². The van der Waals surface area contributed by atoms with Crippen LogP contribution in [-0.4, -0.2) is 10.9 Å². The maximum atomic E-state index is 13.1. The minimum Gasteiger partial charge on any atom is -0.487 e. The first-order valence-corrected chi connectivity index (χ1v) is 9.34. The molecule has 0 radical (unpaired) electrons. The molecule has 0 aliphatic carbocycles. The van der Waals surface area contributed by atoms with Crippen LogP contribution in [0.3, 0.4) is 0 Å². The lowest BCUT2D eigenvalue weighted by Crippen LogP contribution is -2.14. The van der Waals surface area contributed by atoms with Crippen molar-refractivity contribution in [2.24, 2.45) is 0 Å². The molecule has 0 saturated carbocycles. The Kier molecular flexibility index (Phi) is 6.59. The molecule has 28 heavy (non-hydrogen) atoms. The molecular weight excluding hydrogens is 454 g/mol. The number of hydrogen-bond donors (Lipinski definition) is 1. The minimum atomic E-state index is -0.574. The Morgan fingerprint density at radius 1 is 1.11 bits per heavy atom. The molecule has 8 heteroatoms. The summed E-state index contributed by atoms with van der Waals surface area (Å²) in [5.74, 6) is -0.855. The zero-order valence-corrected chi connectivity index (χ0v) is 16.7. The Bertz CT molecular complexity index is 1000. The average Bonchev–Trinajstić information content (AvgIpc) is 2.65. The number of rotatable bonds is 6. The van der Waals surface area contributed by atoms with E-state index in [2.05, 4.69) is 26.2 Å². The second-order valence-electron chi connectivity index (χ2n) is 5.87. The number of hydrogen-bond acceptors (Lipinski definition) is 3. The van der Waals surface area contributed by atoms with Gasteiger partial charge in [0.05, 0.1) is 12.6 Å². The number of nitrogens with zero attached hydrogens (tertiary/aromatic N) is 1. The molecule has 144 valence electrons. The molecule has 3 aromatic rings. The van der Waals surface area contributed by atoms with Crippen LogP contribution in [0.5, 0.6) is 5.75 Å².